The average molecular weight is 621 g/mol. The van der Waals surface area contributed by atoms with Gasteiger partial charge in [0.15, 0.2) is 0 Å². The topological polar surface area (TPSA) is 0 Å². The molecule has 2 aliphatic rings. The van der Waals surface area contributed by atoms with Crippen LogP contribution in [-0.2, 0) is 6.42 Å². The van der Waals surface area contributed by atoms with Crippen LogP contribution in [0.15, 0.2) is 35.9 Å². The number of hydrogen-bond acceptors (Lipinski definition) is 0. The molecular formula is C45H80. The van der Waals surface area contributed by atoms with Crippen LogP contribution in [0.4, 0.5) is 0 Å². The van der Waals surface area contributed by atoms with E-state index in [0.717, 1.165) is 18.8 Å². The Labute approximate surface area is 285 Å². The fourth-order valence-electron chi connectivity index (χ4n) is 7.06. The number of hydrogen-bond donors (Lipinski definition) is 0. The minimum absolute atomic E-state index is 0.0694. The van der Waals surface area contributed by atoms with Gasteiger partial charge < -0.3 is 0 Å². The highest BCUT2D eigenvalue weighted by Crippen LogP contribution is 2.47. The summed E-state index contributed by atoms with van der Waals surface area (Å²) in [5.74, 6) is 4.20. The molecule has 0 aliphatic heterocycles. The van der Waals surface area contributed by atoms with Gasteiger partial charge in [-0.15, -0.1) is 6.42 Å². The largest absolute Gasteiger partial charge is 0.119 e. The molecule has 0 heterocycles. The van der Waals surface area contributed by atoms with E-state index in [2.05, 4.69) is 107 Å². The average Bonchev–Trinajstić information content (AvgIpc) is 3.46. The van der Waals surface area contributed by atoms with Gasteiger partial charge in [-0.05, 0) is 112 Å². The molecule has 0 nitrogen and oxygen atoms in total. The SMILES string of the molecule is C#CC1(C(=C)C)CCCC1.CC.CC.CCCC(C)(C)C.CCCCCc1cc(C)c(C2C=C(C)CCC2C(C)(C)C)c(C)c1. The summed E-state index contributed by atoms with van der Waals surface area (Å²) in [6, 6.07) is 4.94. The maximum absolute atomic E-state index is 5.46. The third-order valence-electron chi connectivity index (χ3n) is 9.47. The van der Waals surface area contributed by atoms with E-state index < -0.39 is 0 Å². The molecule has 2 unspecified atom stereocenters. The Morgan fingerprint density at radius 3 is 1.73 bits per heavy atom. The van der Waals surface area contributed by atoms with Crippen molar-refractivity contribution in [2.45, 2.75) is 194 Å². The van der Waals surface area contributed by atoms with Crippen molar-refractivity contribution in [1.29, 1.82) is 0 Å². The Morgan fingerprint density at radius 2 is 1.40 bits per heavy atom. The van der Waals surface area contributed by atoms with Crippen LogP contribution >= 0.6 is 0 Å². The molecule has 2 atom stereocenters. The minimum Gasteiger partial charge on any atom is -0.119 e. The van der Waals surface area contributed by atoms with Crippen LogP contribution in [0, 0.1) is 48.4 Å². The monoisotopic (exact) mass is 621 g/mol. The van der Waals surface area contributed by atoms with Gasteiger partial charge >= 0.3 is 0 Å². The zero-order valence-electron chi connectivity index (χ0n) is 33.7. The maximum Gasteiger partial charge on any atom is 0.0515 e. The number of benzene rings is 1. The van der Waals surface area contributed by atoms with Crippen molar-refractivity contribution in [3.63, 3.8) is 0 Å². The molecule has 1 fully saturated rings. The molecule has 1 aromatic carbocycles. The Morgan fingerprint density at radius 1 is 0.889 bits per heavy atom. The first-order valence-corrected chi connectivity index (χ1v) is 18.9. The van der Waals surface area contributed by atoms with E-state index >= 15 is 0 Å². The second-order valence-corrected chi connectivity index (χ2v) is 15.7. The molecule has 0 saturated heterocycles. The van der Waals surface area contributed by atoms with E-state index in [1.165, 1.54) is 86.5 Å². The summed E-state index contributed by atoms with van der Waals surface area (Å²) in [5.41, 5.74) is 9.88. The van der Waals surface area contributed by atoms with Crippen molar-refractivity contribution < 1.29 is 0 Å². The second kappa shape index (κ2) is 22.7. The molecule has 45 heavy (non-hydrogen) atoms. The standard InChI is InChI=1S/C24H38.C10H14.C7H16.2C2H6/c1-8-9-10-11-20-15-18(3)23(19(4)16-20)21-14-17(2)12-13-22(21)24(5,6)7;1-4-10(9(2)3)7-5-6-8-10;1-5-6-7(2,3)4;2*1-2/h14-16,21-22H,8-13H2,1-7H3;1H,2,5-8H2,3H3;5-6H2,1-4H3;2*1-2H3. The Kier molecular flexibility index (Phi) is 22.9. The van der Waals surface area contributed by atoms with Gasteiger partial charge in [-0.25, -0.2) is 0 Å². The lowest BCUT2D eigenvalue weighted by Crippen LogP contribution is -2.29. The molecule has 0 spiro atoms. The fraction of sp³-hybridized carbons (Fsp3) is 0.733. The Hall–Kier alpha value is -1.74. The van der Waals surface area contributed by atoms with E-state index in [-0.39, 0.29) is 5.41 Å². The molecule has 1 saturated carbocycles. The predicted octanol–water partition coefficient (Wildman–Crippen LogP) is 15.2. The number of unbranched alkanes of at least 4 members (excludes halogenated alkanes) is 2. The molecular weight excluding hydrogens is 540 g/mol. The van der Waals surface area contributed by atoms with Crippen LogP contribution in [-0.4, -0.2) is 0 Å². The zero-order chi connectivity index (χ0) is 35.4. The van der Waals surface area contributed by atoms with Gasteiger partial charge in [0.2, 0.25) is 0 Å². The number of allylic oxidation sites excluding steroid dienone is 3. The quantitative estimate of drug-likeness (QED) is 0.162. The van der Waals surface area contributed by atoms with Gasteiger partial charge in [0.05, 0.1) is 5.41 Å². The highest BCUT2D eigenvalue weighted by atomic mass is 14.4. The summed E-state index contributed by atoms with van der Waals surface area (Å²) < 4.78 is 0. The molecule has 0 radical (unpaired) electrons. The first kappa shape index (κ1) is 45.4. The summed E-state index contributed by atoms with van der Waals surface area (Å²) >= 11 is 0. The van der Waals surface area contributed by atoms with E-state index in [1.54, 1.807) is 11.1 Å². The molecule has 3 rings (SSSR count). The second-order valence-electron chi connectivity index (χ2n) is 15.7. The Balaban J connectivity index is 0. The molecule has 1 aromatic rings. The molecule has 0 amide bonds. The number of terminal acetylenes is 1. The third kappa shape index (κ3) is 16.6. The van der Waals surface area contributed by atoms with Gasteiger partial charge in [0.25, 0.3) is 0 Å². The number of rotatable bonds is 7. The normalized spacial score (nSPS) is 18.6. The van der Waals surface area contributed by atoms with Crippen LogP contribution in [0.5, 0.6) is 0 Å². The molecule has 0 bridgehead atoms. The Bertz CT molecular complexity index is 981. The van der Waals surface area contributed by atoms with E-state index in [4.69, 9.17) is 6.42 Å². The lowest BCUT2D eigenvalue weighted by atomic mass is 9.64. The first-order valence-electron chi connectivity index (χ1n) is 18.9. The maximum atomic E-state index is 5.46. The summed E-state index contributed by atoms with van der Waals surface area (Å²) in [5, 5.41) is 0. The molecule has 0 N–H and O–H groups in total. The van der Waals surface area contributed by atoms with Crippen LogP contribution in [0.3, 0.4) is 0 Å². The van der Waals surface area contributed by atoms with Gasteiger partial charge in [-0.2, -0.15) is 0 Å². The smallest absolute Gasteiger partial charge is 0.0515 e. The zero-order valence-corrected chi connectivity index (χ0v) is 33.7. The van der Waals surface area contributed by atoms with Gasteiger partial charge in [-0.1, -0.05) is 157 Å². The van der Waals surface area contributed by atoms with E-state index in [1.807, 2.05) is 34.6 Å². The highest BCUT2D eigenvalue weighted by molar-refractivity contribution is 5.44. The fourth-order valence-corrected chi connectivity index (χ4v) is 7.06. The van der Waals surface area contributed by atoms with Crippen LogP contribution in [0.1, 0.15) is 196 Å². The van der Waals surface area contributed by atoms with Gasteiger partial charge in [-0.3, -0.25) is 0 Å². The summed E-state index contributed by atoms with van der Waals surface area (Å²) in [7, 11) is 0. The minimum atomic E-state index is 0.0694. The lowest BCUT2D eigenvalue weighted by molar-refractivity contribution is 0.197. The van der Waals surface area contributed by atoms with Gasteiger partial charge in [0.1, 0.15) is 0 Å². The van der Waals surface area contributed by atoms with Crippen molar-refractivity contribution in [3.8, 4) is 12.3 Å². The van der Waals surface area contributed by atoms with Crippen molar-refractivity contribution >= 4 is 0 Å². The van der Waals surface area contributed by atoms with Gasteiger partial charge in [0, 0.05) is 5.92 Å². The highest BCUT2D eigenvalue weighted by Gasteiger charge is 2.35. The molecule has 260 valence electrons. The van der Waals surface area contributed by atoms with Crippen molar-refractivity contribution in [1.82, 2.24) is 0 Å². The van der Waals surface area contributed by atoms with Crippen LogP contribution in [0.25, 0.3) is 0 Å². The summed E-state index contributed by atoms with van der Waals surface area (Å²) in [4.78, 5) is 0. The van der Waals surface area contributed by atoms with Crippen molar-refractivity contribution in [2.24, 2.45) is 22.2 Å². The lowest BCUT2D eigenvalue weighted by Gasteiger charge is -2.40. The van der Waals surface area contributed by atoms with Crippen LogP contribution in [0.2, 0.25) is 0 Å². The van der Waals surface area contributed by atoms with Crippen molar-refractivity contribution in [3.05, 3.63) is 58.2 Å². The van der Waals surface area contributed by atoms with Crippen LogP contribution < -0.4 is 0 Å². The molecule has 0 heteroatoms. The summed E-state index contributed by atoms with van der Waals surface area (Å²) in [6.45, 7) is 39.6. The van der Waals surface area contributed by atoms with Crippen molar-refractivity contribution in [2.75, 3.05) is 0 Å². The first-order chi connectivity index (χ1) is 21.0. The number of aryl methyl sites for hydroxylation is 3. The molecule has 2 aliphatic carbocycles. The van der Waals surface area contributed by atoms with E-state index in [9.17, 15) is 0 Å². The van der Waals surface area contributed by atoms with E-state index in [0.29, 0.717) is 16.7 Å². The predicted molar refractivity (Wildman–Crippen MR) is 209 cm³/mol. The summed E-state index contributed by atoms with van der Waals surface area (Å²) in [6.07, 6.45) is 23.3. The molecule has 0 aromatic heterocycles. The third-order valence-corrected chi connectivity index (χ3v) is 9.47.